The Labute approximate surface area is 158 Å². The number of hydrogen-bond acceptors (Lipinski definition) is 3. The molecule has 1 aromatic carbocycles. The van der Waals surface area contributed by atoms with Gasteiger partial charge in [-0.15, -0.1) is 0 Å². The Balaban J connectivity index is 2.10. The zero-order valence-corrected chi connectivity index (χ0v) is 16.3. The standard InChI is InChI=1S/C23H29N3/c1-5-19(2)20(3)26-14-7-6-11-23(25(4)15-16-26)13-12-21-9-8-10-22(17-21)18-24/h5,8-10,17,23H,1,6-7,11,14-16H2,2-4H3/b20-19+. The summed E-state index contributed by atoms with van der Waals surface area (Å²) in [5.74, 6) is 6.70. The molecule has 0 radical (unpaired) electrons. The molecule has 1 saturated heterocycles. The molecule has 1 heterocycles. The van der Waals surface area contributed by atoms with Crippen molar-refractivity contribution in [2.45, 2.75) is 39.2 Å². The molecule has 0 N–H and O–H groups in total. The summed E-state index contributed by atoms with van der Waals surface area (Å²) < 4.78 is 0. The zero-order valence-electron chi connectivity index (χ0n) is 16.3. The lowest BCUT2D eigenvalue weighted by molar-refractivity contribution is 0.248. The predicted octanol–water partition coefficient (Wildman–Crippen LogP) is 4.18. The Kier molecular flexibility index (Phi) is 7.52. The van der Waals surface area contributed by atoms with Gasteiger partial charge >= 0.3 is 0 Å². The second-order valence-electron chi connectivity index (χ2n) is 6.91. The topological polar surface area (TPSA) is 30.3 Å². The van der Waals surface area contributed by atoms with Crippen LogP contribution < -0.4 is 0 Å². The third kappa shape index (κ3) is 5.51. The molecular formula is C23H29N3. The molecule has 0 aromatic heterocycles. The van der Waals surface area contributed by atoms with Crippen molar-refractivity contribution in [2.24, 2.45) is 0 Å². The van der Waals surface area contributed by atoms with E-state index in [1.165, 1.54) is 24.1 Å². The maximum atomic E-state index is 9.03. The van der Waals surface area contributed by atoms with Crippen LogP contribution in [-0.4, -0.2) is 42.5 Å². The van der Waals surface area contributed by atoms with Crippen molar-refractivity contribution >= 4 is 0 Å². The monoisotopic (exact) mass is 347 g/mol. The highest BCUT2D eigenvalue weighted by Gasteiger charge is 2.17. The minimum Gasteiger partial charge on any atom is -0.374 e. The van der Waals surface area contributed by atoms with E-state index in [4.69, 9.17) is 5.26 Å². The molecule has 136 valence electrons. The van der Waals surface area contributed by atoms with E-state index in [0.717, 1.165) is 31.6 Å². The molecule has 0 bridgehead atoms. The highest BCUT2D eigenvalue weighted by molar-refractivity contribution is 5.42. The quantitative estimate of drug-likeness (QED) is 0.594. The van der Waals surface area contributed by atoms with Crippen LogP contribution >= 0.6 is 0 Å². The number of nitriles is 1. The Morgan fingerprint density at radius 3 is 2.69 bits per heavy atom. The Bertz CT molecular complexity index is 758. The van der Waals surface area contributed by atoms with Crippen molar-refractivity contribution in [3.05, 3.63) is 59.3 Å². The van der Waals surface area contributed by atoms with Crippen LogP contribution in [0.25, 0.3) is 0 Å². The fourth-order valence-corrected chi connectivity index (χ4v) is 3.15. The van der Waals surface area contributed by atoms with Gasteiger partial charge in [0.1, 0.15) is 0 Å². The van der Waals surface area contributed by atoms with Gasteiger partial charge in [0.15, 0.2) is 0 Å². The SMILES string of the molecule is C=C/C(C)=C(\C)N1CCCCC(C#Cc2cccc(C#N)c2)N(C)CC1. The molecule has 2 rings (SSSR count). The van der Waals surface area contributed by atoms with Crippen LogP contribution in [0, 0.1) is 23.2 Å². The van der Waals surface area contributed by atoms with Gasteiger partial charge in [-0.2, -0.15) is 5.26 Å². The zero-order chi connectivity index (χ0) is 18.9. The van der Waals surface area contributed by atoms with E-state index in [0.29, 0.717) is 5.56 Å². The third-order valence-electron chi connectivity index (χ3n) is 5.14. The summed E-state index contributed by atoms with van der Waals surface area (Å²) in [5, 5.41) is 9.03. The molecule has 0 saturated carbocycles. The van der Waals surface area contributed by atoms with Gasteiger partial charge in [0.05, 0.1) is 17.7 Å². The molecule has 0 spiro atoms. The van der Waals surface area contributed by atoms with Gasteiger partial charge in [-0.25, -0.2) is 0 Å². The number of hydrogen-bond donors (Lipinski definition) is 0. The fourth-order valence-electron chi connectivity index (χ4n) is 3.15. The molecule has 3 nitrogen and oxygen atoms in total. The molecule has 26 heavy (non-hydrogen) atoms. The van der Waals surface area contributed by atoms with Crippen molar-refractivity contribution in [3.63, 3.8) is 0 Å². The predicted molar refractivity (Wildman–Crippen MR) is 108 cm³/mol. The van der Waals surface area contributed by atoms with Gasteiger partial charge in [0, 0.05) is 30.9 Å². The lowest BCUT2D eigenvalue weighted by atomic mass is 10.1. The minimum absolute atomic E-state index is 0.255. The van der Waals surface area contributed by atoms with Crippen LogP contribution in [0.15, 0.2) is 48.2 Å². The Hall–Kier alpha value is -2.49. The van der Waals surface area contributed by atoms with Crippen molar-refractivity contribution in [3.8, 4) is 17.9 Å². The number of likely N-dealkylation sites (N-methyl/N-ethyl adjacent to an activating group) is 1. The largest absolute Gasteiger partial charge is 0.374 e. The average molecular weight is 348 g/mol. The molecule has 1 aliphatic heterocycles. The molecule has 1 unspecified atom stereocenters. The van der Waals surface area contributed by atoms with Crippen LogP contribution in [0.5, 0.6) is 0 Å². The lowest BCUT2D eigenvalue weighted by Gasteiger charge is -2.29. The van der Waals surface area contributed by atoms with Gasteiger partial charge in [-0.1, -0.05) is 30.6 Å². The van der Waals surface area contributed by atoms with Crippen LogP contribution in [0.1, 0.15) is 44.2 Å². The lowest BCUT2D eigenvalue weighted by Crippen LogP contribution is -2.36. The first-order chi connectivity index (χ1) is 12.5. The number of nitrogens with zero attached hydrogens (tertiary/aromatic N) is 3. The molecule has 1 fully saturated rings. The fraction of sp³-hybridized carbons (Fsp3) is 0.435. The van der Waals surface area contributed by atoms with E-state index in [1.54, 1.807) is 0 Å². The first-order valence-corrected chi connectivity index (χ1v) is 9.32. The molecule has 1 aliphatic rings. The average Bonchev–Trinajstić information content (AvgIpc) is 2.76. The maximum absolute atomic E-state index is 9.03. The molecule has 0 amide bonds. The van der Waals surface area contributed by atoms with E-state index < -0.39 is 0 Å². The molecule has 3 heteroatoms. The van der Waals surface area contributed by atoms with Gasteiger partial charge in [-0.3, -0.25) is 4.90 Å². The van der Waals surface area contributed by atoms with E-state index in [-0.39, 0.29) is 6.04 Å². The smallest absolute Gasteiger partial charge is 0.0992 e. The normalized spacial score (nSPS) is 19.8. The number of benzene rings is 1. The Morgan fingerprint density at radius 1 is 1.19 bits per heavy atom. The van der Waals surface area contributed by atoms with Crippen LogP contribution in [0.4, 0.5) is 0 Å². The van der Waals surface area contributed by atoms with Crippen molar-refractivity contribution in [1.82, 2.24) is 9.80 Å². The van der Waals surface area contributed by atoms with Gasteiger partial charge in [0.2, 0.25) is 0 Å². The number of rotatable bonds is 2. The van der Waals surface area contributed by atoms with Crippen molar-refractivity contribution in [2.75, 3.05) is 26.7 Å². The summed E-state index contributed by atoms with van der Waals surface area (Å²) in [6.07, 6.45) is 5.37. The second-order valence-corrected chi connectivity index (χ2v) is 6.91. The first-order valence-electron chi connectivity index (χ1n) is 9.32. The van der Waals surface area contributed by atoms with Gasteiger partial charge in [0.25, 0.3) is 0 Å². The molecular weight excluding hydrogens is 318 g/mol. The van der Waals surface area contributed by atoms with E-state index >= 15 is 0 Å². The minimum atomic E-state index is 0.255. The number of allylic oxidation sites excluding steroid dienone is 3. The summed E-state index contributed by atoms with van der Waals surface area (Å²) >= 11 is 0. The van der Waals surface area contributed by atoms with E-state index in [1.807, 2.05) is 30.3 Å². The molecule has 0 aliphatic carbocycles. The van der Waals surface area contributed by atoms with Gasteiger partial charge < -0.3 is 4.90 Å². The van der Waals surface area contributed by atoms with Crippen LogP contribution in [0.2, 0.25) is 0 Å². The highest BCUT2D eigenvalue weighted by Crippen LogP contribution is 2.16. The first kappa shape index (κ1) is 19.8. The van der Waals surface area contributed by atoms with Crippen LogP contribution in [-0.2, 0) is 0 Å². The third-order valence-corrected chi connectivity index (χ3v) is 5.14. The summed E-state index contributed by atoms with van der Waals surface area (Å²) in [6.45, 7) is 11.3. The van der Waals surface area contributed by atoms with Crippen molar-refractivity contribution < 1.29 is 0 Å². The second kappa shape index (κ2) is 9.85. The highest BCUT2D eigenvalue weighted by atomic mass is 15.2. The summed E-state index contributed by atoms with van der Waals surface area (Å²) in [6, 6.07) is 9.96. The van der Waals surface area contributed by atoms with Crippen molar-refractivity contribution in [1.29, 1.82) is 5.26 Å². The van der Waals surface area contributed by atoms with E-state index in [9.17, 15) is 0 Å². The summed E-state index contributed by atoms with van der Waals surface area (Å²) in [4.78, 5) is 4.83. The van der Waals surface area contributed by atoms with Crippen LogP contribution in [0.3, 0.4) is 0 Å². The maximum Gasteiger partial charge on any atom is 0.0992 e. The molecule has 1 aromatic rings. The Morgan fingerprint density at radius 2 is 1.96 bits per heavy atom. The molecule has 1 atom stereocenters. The summed E-state index contributed by atoms with van der Waals surface area (Å²) in [5.41, 5.74) is 4.15. The van der Waals surface area contributed by atoms with E-state index in [2.05, 4.69) is 55.2 Å². The summed E-state index contributed by atoms with van der Waals surface area (Å²) in [7, 11) is 2.16. The van der Waals surface area contributed by atoms with Gasteiger partial charge in [-0.05, 0) is 63.9 Å².